The van der Waals surface area contributed by atoms with Crippen molar-refractivity contribution in [1.29, 1.82) is 0 Å². The molecule has 5 heteroatoms. The third-order valence-corrected chi connectivity index (χ3v) is 3.79. The van der Waals surface area contributed by atoms with Crippen molar-refractivity contribution in [3.63, 3.8) is 0 Å². The highest BCUT2D eigenvalue weighted by atomic mass is 32.2. The Balaban J connectivity index is 2.14. The minimum absolute atomic E-state index is 0.253. The molecule has 0 unspecified atom stereocenters. The van der Waals surface area contributed by atoms with E-state index >= 15 is 0 Å². The maximum atomic E-state index is 11.1. The van der Waals surface area contributed by atoms with Crippen LogP contribution in [0.15, 0.2) is 64.6 Å². The molecule has 2 aromatic rings. The van der Waals surface area contributed by atoms with E-state index in [-0.39, 0.29) is 5.56 Å². The molecule has 0 aliphatic rings. The van der Waals surface area contributed by atoms with Crippen molar-refractivity contribution in [3.8, 4) is 0 Å². The topological polar surface area (TPSA) is 69.9 Å². The minimum Gasteiger partial charge on any atom is -0.478 e. The Kier molecular flexibility index (Phi) is 4.79. The molecule has 20 heavy (non-hydrogen) atoms. The number of benzene rings is 2. The van der Waals surface area contributed by atoms with Gasteiger partial charge in [-0.15, -0.1) is 11.8 Å². The van der Waals surface area contributed by atoms with E-state index in [1.54, 1.807) is 24.3 Å². The smallest absolute Gasteiger partial charge is 0.336 e. The molecule has 2 N–H and O–H groups in total. The van der Waals surface area contributed by atoms with Crippen molar-refractivity contribution in [2.75, 3.05) is 5.75 Å². The van der Waals surface area contributed by atoms with Crippen molar-refractivity contribution < 1.29 is 15.1 Å². The maximum absolute atomic E-state index is 11.1. The SMILES string of the molecule is O=C(O)c1ccccc1SC/C(=N/O)c1ccccc1. The van der Waals surface area contributed by atoms with Gasteiger partial charge in [0.2, 0.25) is 0 Å². The molecule has 0 amide bonds. The van der Waals surface area contributed by atoms with Gasteiger partial charge in [-0.3, -0.25) is 0 Å². The van der Waals surface area contributed by atoms with E-state index < -0.39 is 5.97 Å². The summed E-state index contributed by atoms with van der Waals surface area (Å²) in [5, 5.41) is 21.5. The van der Waals surface area contributed by atoms with E-state index in [9.17, 15) is 4.79 Å². The molecule has 0 saturated heterocycles. The molecule has 0 aromatic heterocycles. The van der Waals surface area contributed by atoms with Crippen LogP contribution in [0.1, 0.15) is 15.9 Å². The predicted molar refractivity (Wildman–Crippen MR) is 78.9 cm³/mol. The highest BCUT2D eigenvalue weighted by Crippen LogP contribution is 2.23. The monoisotopic (exact) mass is 287 g/mol. The predicted octanol–water partition coefficient (Wildman–Crippen LogP) is 3.36. The Morgan fingerprint density at radius 3 is 2.35 bits per heavy atom. The summed E-state index contributed by atoms with van der Waals surface area (Å²) >= 11 is 1.33. The van der Waals surface area contributed by atoms with Crippen molar-refractivity contribution in [3.05, 3.63) is 65.7 Å². The zero-order valence-electron chi connectivity index (χ0n) is 10.6. The summed E-state index contributed by atoms with van der Waals surface area (Å²) < 4.78 is 0. The Hall–Kier alpha value is -2.27. The van der Waals surface area contributed by atoms with Crippen LogP contribution in [0.5, 0.6) is 0 Å². The van der Waals surface area contributed by atoms with E-state index in [2.05, 4.69) is 5.16 Å². The molecule has 2 rings (SSSR count). The van der Waals surface area contributed by atoms with Crippen LogP contribution in [0.25, 0.3) is 0 Å². The molecule has 4 nitrogen and oxygen atoms in total. The summed E-state index contributed by atoms with van der Waals surface area (Å²) in [7, 11) is 0. The van der Waals surface area contributed by atoms with Gasteiger partial charge in [0.25, 0.3) is 0 Å². The Labute approximate surface area is 120 Å². The zero-order valence-corrected chi connectivity index (χ0v) is 11.4. The summed E-state index contributed by atoms with van der Waals surface area (Å²) in [5.41, 5.74) is 1.58. The first-order valence-electron chi connectivity index (χ1n) is 5.94. The van der Waals surface area contributed by atoms with Gasteiger partial charge in [-0.1, -0.05) is 47.6 Å². The van der Waals surface area contributed by atoms with Gasteiger partial charge in [-0.25, -0.2) is 4.79 Å². The number of carboxylic acid groups (broad SMARTS) is 1. The van der Waals surface area contributed by atoms with Crippen LogP contribution in [0.4, 0.5) is 0 Å². The lowest BCUT2D eigenvalue weighted by molar-refractivity contribution is 0.0693. The number of hydrogen-bond donors (Lipinski definition) is 2. The average Bonchev–Trinajstić information content (AvgIpc) is 2.49. The number of carboxylic acids is 1. The molecule has 0 fully saturated rings. The number of rotatable bonds is 5. The van der Waals surface area contributed by atoms with Crippen LogP contribution in [-0.2, 0) is 0 Å². The van der Waals surface area contributed by atoms with E-state index in [4.69, 9.17) is 10.3 Å². The molecule has 0 heterocycles. The van der Waals surface area contributed by atoms with Gasteiger partial charge >= 0.3 is 5.97 Å². The fraction of sp³-hybridized carbons (Fsp3) is 0.0667. The van der Waals surface area contributed by atoms with Crippen molar-refractivity contribution in [1.82, 2.24) is 0 Å². The normalized spacial score (nSPS) is 11.3. The molecular formula is C15H13NO3S. The van der Waals surface area contributed by atoms with Crippen LogP contribution < -0.4 is 0 Å². The van der Waals surface area contributed by atoms with Gasteiger partial charge in [0.05, 0.1) is 11.3 Å². The second-order valence-corrected chi connectivity index (χ2v) is 5.02. The number of nitrogens with zero attached hydrogens (tertiary/aromatic N) is 1. The van der Waals surface area contributed by atoms with Crippen molar-refractivity contribution in [2.24, 2.45) is 5.16 Å². The summed E-state index contributed by atoms with van der Waals surface area (Å²) in [4.78, 5) is 11.8. The van der Waals surface area contributed by atoms with Gasteiger partial charge in [0.15, 0.2) is 0 Å². The fourth-order valence-corrected chi connectivity index (χ4v) is 2.72. The van der Waals surface area contributed by atoms with Crippen LogP contribution in [0, 0.1) is 0 Å². The Morgan fingerprint density at radius 1 is 1.05 bits per heavy atom. The number of carbonyl (C=O) groups is 1. The molecular weight excluding hydrogens is 274 g/mol. The van der Waals surface area contributed by atoms with Gasteiger partial charge in [-0.2, -0.15) is 0 Å². The number of thioether (sulfide) groups is 1. The third kappa shape index (κ3) is 3.39. The highest BCUT2D eigenvalue weighted by molar-refractivity contribution is 8.00. The second kappa shape index (κ2) is 6.77. The minimum atomic E-state index is -0.963. The summed E-state index contributed by atoms with van der Waals surface area (Å²) in [6.07, 6.45) is 0. The molecule has 0 saturated carbocycles. The average molecular weight is 287 g/mol. The van der Waals surface area contributed by atoms with E-state index in [1.165, 1.54) is 11.8 Å². The number of oxime groups is 1. The molecule has 0 atom stereocenters. The molecule has 0 radical (unpaired) electrons. The van der Waals surface area contributed by atoms with Gasteiger partial charge in [0.1, 0.15) is 0 Å². The summed E-state index contributed by atoms with van der Waals surface area (Å²) in [6.45, 7) is 0. The molecule has 2 aromatic carbocycles. The van der Waals surface area contributed by atoms with Crippen LogP contribution >= 0.6 is 11.8 Å². The zero-order chi connectivity index (χ0) is 14.4. The first-order valence-corrected chi connectivity index (χ1v) is 6.92. The second-order valence-electron chi connectivity index (χ2n) is 4.00. The molecule has 0 aliphatic carbocycles. The number of hydrogen-bond acceptors (Lipinski definition) is 4. The summed E-state index contributed by atoms with van der Waals surface area (Å²) in [6, 6.07) is 16.1. The molecule has 0 aliphatic heterocycles. The van der Waals surface area contributed by atoms with E-state index in [0.29, 0.717) is 16.4 Å². The molecule has 0 spiro atoms. The Morgan fingerprint density at radius 2 is 1.70 bits per heavy atom. The Bertz CT molecular complexity index is 626. The largest absolute Gasteiger partial charge is 0.478 e. The summed E-state index contributed by atoms with van der Waals surface area (Å²) in [5.74, 6) is -0.569. The van der Waals surface area contributed by atoms with Crippen molar-refractivity contribution in [2.45, 2.75) is 4.90 Å². The van der Waals surface area contributed by atoms with Gasteiger partial charge in [-0.05, 0) is 12.1 Å². The lowest BCUT2D eigenvalue weighted by atomic mass is 10.1. The highest BCUT2D eigenvalue weighted by Gasteiger charge is 2.11. The van der Waals surface area contributed by atoms with E-state index in [1.807, 2.05) is 30.3 Å². The fourth-order valence-electron chi connectivity index (χ4n) is 1.72. The molecule has 0 bridgehead atoms. The maximum Gasteiger partial charge on any atom is 0.336 e. The first kappa shape index (κ1) is 14.1. The van der Waals surface area contributed by atoms with Crippen LogP contribution in [0.2, 0.25) is 0 Å². The lowest BCUT2D eigenvalue weighted by Gasteiger charge is -2.07. The standard InChI is InChI=1S/C15H13NO3S/c17-15(18)12-8-4-5-9-14(12)20-10-13(16-19)11-6-2-1-3-7-11/h1-9,19H,10H2,(H,17,18)/b16-13-. The quantitative estimate of drug-likeness (QED) is 0.383. The third-order valence-electron chi connectivity index (χ3n) is 2.71. The van der Waals surface area contributed by atoms with Crippen LogP contribution in [-0.4, -0.2) is 27.7 Å². The number of aromatic carboxylic acids is 1. The molecule has 102 valence electrons. The van der Waals surface area contributed by atoms with Crippen molar-refractivity contribution >= 4 is 23.4 Å². The van der Waals surface area contributed by atoms with E-state index in [0.717, 1.165) is 5.56 Å². The first-order chi connectivity index (χ1) is 9.72. The van der Waals surface area contributed by atoms with Crippen LogP contribution in [0.3, 0.4) is 0 Å². The lowest BCUT2D eigenvalue weighted by Crippen LogP contribution is -2.05. The van der Waals surface area contributed by atoms with Gasteiger partial charge < -0.3 is 10.3 Å². The van der Waals surface area contributed by atoms with Gasteiger partial charge in [0, 0.05) is 16.2 Å².